The number of nitrogens with zero attached hydrogens (tertiary/aromatic N) is 1. The minimum Gasteiger partial charge on any atom is -0.492 e. The van der Waals surface area contributed by atoms with Crippen LogP contribution in [0.15, 0.2) is 109 Å². The highest BCUT2D eigenvalue weighted by Crippen LogP contribution is 2.51. The monoisotopic (exact) mass is 777 g/mol. The predicted octanol–water partition coefficient (Wildman–Crippen LogP) is 10.2. The summed E-state index contributed by atoms with van der Waals surface area (Å²) in [5.74, 6) is -0.323. The lowest BCUT2D eigenvalue weighted by atomic mass is 9.79. The molecule has 5 rings (SSSR count). The van der Waals surface area contributed by atoms with Crippen molar-refractivity contribution in [1.29, 1.82) is 0 Å². The van der Waals surface area contributed by atoms with Gasteiger partial charge in [0.2, 0.25) is 5.91 Å². The van der Waals surface area contributed by atoms with Gasteiger partial charge in [0.1, 0.15) is 11.5 Å². The van der Waals surface area contributed by atoms with Crippen LogP contribution in [0.3, 0.4) is 0 Å². The van der Waals surface area contributed by atoms with Crippen molar-refractivity contribution in [1.82, 2.24) is 4.90 Å². The molecule has 1 unspecified atom stereocenters. The van der Waals surface area contributed by atoms with Crippen molar-refractivity contribution in [2.75, 3.05) is 13.2 Å². The second-order valence-electron chi connectivity index (χ2n) is 13.8. The average molecular weight is 778 g/mol. The molecule has 1 aliphatic heterocycles. The summed E-state index contributed by atoms with van der Waals surface area (Å²) in [4.78, 5) is 27.7. The highest BCUT2D eigenvalue weighted by molar-refractivity contribution is 6.09. The van der Waals surface area contributed by atoms with Gasteiger partial charge in [-0.2, -0.15) is 26.3 Å². The number of amides is 2. The van der Waals surface area contributed by atoms with Crippen LogP contribution in [-0.2, 0) is 20.6 Å². The van der Waals surface area contributed by atoms with Crippen LogP contribution in [0.4, 0.5) is 26.3 Å². The van der Waals surface area contributed by atoms with Gasteiger partial charge in [-0.1, -0.05) is 103 Å². The second kappa shape index (κ2) is 17.0. The van der Waals surface area contributed by atoms with Crippen LogP contribution >= 0.6 is 0 Å². The van der Waals surface area contributed by atoms with Gasteiger partial charge in [-0.3, -0.25) is 14.5 Å². The van der Waals surface area contributed by atoms with Gasteiger partial charge >= 0.3 is 12.4 Å². The third kappa shape index (κ3) is 9.25. The van der Waals surface area contributed by atoms with Crippen LogP contribution in [0.25, 0.3) is 24.3 Å². The predicted molar refractivity (Wildman–Crippen MR) is 203 cm³/mol. The highest BCUT2D eigenvalue weighted by atomic mass is 19.4. The Morgan fingerprint density at radius 3 is 1.75 bits per heavy atom. The Bertz CT molecular complexity index is 1990. The van der Waals surface area contributed by atoms with E-state index in [1.165, 1.54) is 30.4 Å². The van der Waals surface area contributed by atoms with Crippen LogP contribution in [-0.4, -0.2) is 53.4 Å². The van der Waals surface area contributed by atoms with Crippen LogP contribution in [0.5, 0.6) is 11.5 Å². The summed E-state index contributed by atoms with van der Waals surface area (Å²) in [6.07, 6.45) is -3.20. The van der Waals surface area contributed by atoms with E-state index in [2.05, 4.69) is 0 Å². The number of rotatable bonds is 14. The van der Waals surface area contributed by atoms with Gasteiger partial charge < -0.3 is 14.6 Å². The molecule has 1 atom stereocenters. The SMILES string of the molecule is CC(C)Oc1ccc(C2(C)C=CC(=O)N(CCCCOc3c(/C=C/c4ccccc4)cc(C(O)(C(F)(F)F)C(F)(F)F)cc3/C=C/c3ccccc3)C2=O)cc1. The zero-order chi connectivity index (χ0) is 40.7. The fourth-order valence-electron chi connectivity index (χ4n) is 6.20. The summed E-state index contributed by atoms with van der Waals surface area (Å²) in [6.45, 7) is 5.45. The number of unbranched alkanes of at least 4 members (excludes halogenated alkanes) is 1. The number of alkyl halides is 6. The van der Waals surface area contributed by atoms with Gasteiger partial charge in [0.25, 0.3) is 11.5 Å². The number of ether oxygens (including phenoxy) is 2. The molecule has 0 saturated heterocycles. The molecule has 0 aromatic heterocycles. The minimum atomic E-state index is -6.12. The largest absolute Gasteiger partial charge is 0.492 e. The lowest BCUT2D eigenvalue weighted by molar-refractivity contribution is -0.376. The molecule has 0 aliphatic carbocycles. The quantitative estimate of drug-likeness (QED) is 0.0597. The molecule has 0 fully saturated rings. The van der Waals surface area contributed by atoms with E-state index in [4.69, 9.17) is 9.47 Å². The maximum atomic E-state index is 14.2. The first-order chi connectivity index (χ1) is 26.4. The van der Waals surface area contributed by atoms with E-state index < -0.39 is 40.7 Å². The van der Waals surface area contributed by atoms with E-state index >= 15 is 0 Å². The van der Waals surface area contributed by atoms with Gasteiger partial charge in [0, 0.05) is 29.3 Å². The fourth-order valence-corrected chi connectivity index (χ4v) is 6.20. The Kier molecular flexibility index (Phi) is 12.6. The van der Waals surface area contributed by atoms with E-state index in [-0.39, 0.29) is 49.0 Å². The van der Waals surface area contributed by atoms with Crippen molar-refractivity contribution < 1.29 is 50.5 Å². The number of benzene rings is 4. The zero-order valence-corrected chi connectivity index (χ0v) is 30.9. The maximum Gasteiger partial charge on any atom is 0.430 e. The summed E-state index contributed by atoms with van der Waals surface area (Å²) in [5, 5.41) is 10.4. The Morgan fingerprint density at radius 1 is 0.750 bits per heavy atom. The van der Waals surface area contributed by atoms with Crippen LogP contribution in [0.2, 0.25) is 0 Å². The van der Waals surface area contributed by atoms with Crippen LogP contribution < -0.4 is 9.47 Å². The van der Waals surface area contributed by atoms with Gasteiger partial charge in [-0.15, -0.1) is 0 Å². The summed E-state index contributed by atoms with van der Waals surface area (Å²) >= 11 is 0. The molecule has 0 bridgehead atoms. The zero-order valence-electron chi connectivity index (χ0n) is 30.9. The third-order valence-corrected chi connectivity index (χ3v) is 9.26. The third-order valence-electron chi connectivity index (χ3n) is 9.26. The molecule has 6 nitrogen and oxygen atoms in total. The molecule has 12 heteroatoms. The van der Waals surface area contributed by atoms with Crippen molar-refractivity contribution in [2.24, 2.45) is 0 Å². The Labute approximate surface area is 321 Å². The van der Waals surface area contributed by atoms with Gasteiger partial charge in [-0.05, 0) is 74.6 Å². The number of hydrogen-bond acceptors (Lipinski definition) is 5. The normalized spacial score (nSPS) is 16.7. The minimum absolute atomic E-state index is 0.0279. The molecule has 4 aromatic carbocycles. The molecule has 1 N–H and O–H groups in total. The number of carbonyl (C=O) groups excluding carboxylic acids is 2. The van der Waals surface area contributed by atoms with Crippen molar-refractivity contribution in [2.45, 2.75) is 63.1 Å². The lowest BCUT2D eigenvalue weighted by Gasteiger charge is -2.34. The summed E-state index contributed by atoms with van der Waals surface area (Å²) in [6, 6.07) is 25.4. The molecule has 1 aliphatic rings. The number of imide groups is 1. The average Bonchev–Trinajstić information content (AvgIpc) is 3.15. The number of carbonyl (C=O) groups is 2. The van der Waals surface area contributed by atoms with Crippen molar-refractivity contribution in [3.05, 3.63) is 143 Å². The van der Waals surface area contributed by atoms with E-state index in [1.807, 2.05) is 13.8 Å². The molecule has 56 heavy (non-hydrogen) atoms. The van der Waals surface area contributed by atoms with E-state index in [0.717, 1.165) is 4.90 Å². The Morgan fingerprint density at radius 2 is 1.27 bits per heavy atom. The number of aliphatic hydroxyl groups is 1. The van der Waals surface area contributed by atoms with Crippen molar-refractivity contribution in [3.8, 4) is 11.5 Å². The summed E-state index contributed by atoms with van der Waals surface area (Å²) in [7, 11) is 0. The standard InChI is InChI=1S/C44H41F6NO5/c1-30(2)56-37-22-20-35(21-23-37)41(3)25-24-38(52)51(40(41)53)26-10-11-27-55-39-33(18-16-31-12-6-4-7-13-31)28-36(42(54,43(45,46)47)44(48,49)50)29-34(39)19-17-32-14-8-5-9-15-32/h4-9,12-25,28-30,54H,10-11,26-27H2,1-3H3/b18-16+,19-17+. The molecule has 0 radical (unpaired) electrons. The first-order valence-corrected chi connectivity index (χ1v) is 17.9. The van der Waals surface area contributed by atoms with Gasteiger partial charge in [-0.25, -0.2) is 0 Å². The Hall–Kier alpha value is -5.62. The van der Waals surface area contributed by atoms with Crippen LogP contribution in [0, 0.1) is 0 Å². The Balaban J connectivity index is 1.43. The molecular formula is C44H41F6NO5. The lowest BCUT2D eigenvalue weighted by Crippen LogP contribution is -2.54. The fraction of sp³-hybridized carbons (Fsp3) is 0.273. The van der Waals surface area contributed by atoms with Crippen molar-refractivity contribution >= 4 is 36.1 Å². The highest BCUT2D eigenvalue weighted by Gasteiger charge is 2.71. The number of halogens is 6. The van der Waals surface area contributed by atoms with E-state index in [1.54, 1.807) is 97.9 Å². The van der Waals surface area contributed by atoms with Gasteiger partial charge in [0.15, 0.2) is 0 Å². The molecule has 0 saturated carbocycles. The first-order valence-electron chi connectivity index (χ1n) is 17.9. The molecule has 294 valence electrons. The molecule has 2 amide bonds. The van der Waals surface area contributed by atoms with E-state index in [0.29, 0.717) is 34.6 Å². The molecule has 4 aromatic rings. The summed E-state index contributed by atoms with van der Waals surface area (Å²) in [5.41, 5.74) is -6.20. The van der Waals surface area contributed by atoms with Crippen LogP contribution in [0.1, 0.15) is 67.0 Å². The first kappa shape index (κ1) is 41.5. The topological polar surface area (TPSA) is 76.1 Å². The summed E-state index contributed by atoms with van der Waals surface area (Å²) < 4.78 is 96.7. The van der Waals surface area contributed by atoms with Gasteiger partial charge in [0.05, 0.1) is 18.1 Å². The van der Waals surface area contributed by atoms with E-state index in [9.17, 15) is 41.0 Å². The second-order valence-corrected chi connectivity index (χ2v) is 13.8. The molecule has 1 heterocycles. The maximum absolute atomic E-state index is 14.2. The molecular weight excluding hydrogens is 736 g/mol. The van der Waals surface area contributed by atoms with Crippen molar-refractivity contribution in [3.63, 3.8) is 0 Å². The molecule has 0 spiro atoms. The smallest absolute Gasteiger partial charge is 0.430 e. The number of hydrogen-bond donors (Lipinski definition) is 1.